The van der Waals surface area contributed by atoms with Crippen molar-refractivity contribution in [3.8, 4) is 11.4 Å². The van der Waals surface area contributed by atoms with Gasteiger partial charge in [-0.05, 0) is 37.1 Å². The smallest absolute Gasteiger partial charge is 0.161 e. The molecule has 3 rings (SSSR count). The van der Waals surface area contributed by atoms with Crippen molar-refractivity contribution < 1.29 is 0 Å². The molecular formula is C18H19N5. The van der Waals surface area contributed by atoms with Crippen LogP contribution in [0.5, 0.6) is 0 Å². The quantitative estimate of drug-likeness (QED) is 0.782. The predicted octanol–water partition coefficient (Wildman–Crippen LogP) is 3.42. The molecule has 0 fully saturated rings. The van der Waals surface area contributed by atoms with Gasteiger partial charge in [0, 0.05) is 35.9 Å². The van der Waals surface area contributed by atoms with E-state index in [1.807, 2.05) is 30.5 Å². The van der Waals surface area contributed by atoms with Gasteiger partial charge in [0.2, 0.25) is 0 Å². The third-order valence-electron chi connectivity index (χ3n) is 3.63. The van der Waals surface area contributed by atoms with Crippen molar-refractivity contribution in [3.63, 3.8) is 0 Å². The Morgan fingerprint density at radius 2 is 1.87 bits per heavy atom. The summed E-state index contributed by atoms with van der Waals surface area (Å²) >= 11 is 0. The first kappa shape index (κ1) is 15.1. The zero-order chi connectivity index (χ0) is 16.1. The molecule has 0 saturated heterocycles. The molecule has 5 heteroatoms. The van der Waals surface area contributed by atoms with Crippen LogP contribution in [0.3, 0.4) is 0 Å². The highest BCUT2D eigenvalue weighted by Crippen LogP contribution is 2.18. The van der Waals surface area contributed by atoms with Crippen LogP contribution in [-0.2, 0) is 13.0 Å². The molecular weight excluding hydrogens is 286 g/mol. The maximum atomic E-state index is 4.62. The number of aromatic nitrogens is 4. The van der Waals surface area contributed by atoms with Gasteiger partial charge in [0.25, 0.3) is 0 Å². The van der Waals surface area contributed by atoms with Gasteiger partial charge in [-0.1, -0.05) is 13.0 Å². The van der Waals surface area contributed by atoms with Crippen LogP contribution in [0.25, 0.3) is 11.4 Å². The first-order chi connectivity index (χ1) is 11.3. The Labute approximate surface area is 135 Å². The van der Waals surface area contributed by atoms with Gasteiger partial charge in [-0.3, -0.25) is 9.97 Å². The first-order valence-corrected chi connectivity index (χ1v) is 7.69. The molecule has 23 heavy (non-hydrogen) atoms. The lowest BCUT2D eigenvalue weighted by Gasteiger charge is -2.10. The molecule has 5 nitrogen and oxygen atoms in total. The fourth-order valence-corrected chi connectivity index (χ4v) is 2.28. The maximum Gasteiger partial charge on any atom is 0.161 e. The Kier molecular flexibility index (Phi) is 4.57. The summed E-state index contributed by atoms with van der Waals surface area (Å²) in [5, 5.41) is 3.36. The predicted molar refractivity (Wildman–Crippen MR) is 90.9 cm³/mol. The van der Waals surface area contributed by atoms with E-state index in [1.54, 1.807) is 12.4 Å². The number of anilines is 1. The van der Waals surface area contributed by atoms with E-state index < -0.39 is 0 Å². The highest BCUT2D eigenvalue weighted by Gasteiger charge is 2.07. The third kappa shape index (κ3) is 3.69. The molecule has 1 N–H and O–H groups in total. The number of nitrogens with zero attached hydrogens (tertiary/aromatic N) is 4. The second-order valence-electron chi connectivity index (χ2n) is 5.28. The summed E-state index contributed by atoms with van der Waals surface area (Å²) in [7, 11) is 0. The van der Waals surface area contributed by atoms with Crippen LogP contribution in [0.1, 0.15) is 23.9 Å². The highest BCUT2D eigenvalue weighted by molar-refractivity contribution is 5.56. The first-order valence-electron chi connectivity index (χ1n) is 7.69. The average molecular weight is 305 g/mol. The molecule has 0 aromatic carbocycles. The van der Waals surface area contributed by atoms with Gasteiger partial charge in [-0.2, -0.15) is 0 Å². The van der Waals surface area contributed by atoms with Gasteiger partial charge in [-0.15, -0.1) is 0 Å². The minimum absolute atomic E-state index is 0.641. The lowest BCUT2D eigenvalue weighted by molar-refractivity contribution is 0.972. The summed E-state index contributed by atoms with van der Waals surface area (Å²) in [6.45, 7) is 4.79. The lowest BCUT2D eigenvalue weighted by atomic mass is 10.2. The largest absolute Gasteiger partial charge is 0.364 e. The van der Waals surface area contributed by atoms with E-state index >= 15 is 0 Å². The Balaban J connectivity index is 1.86. The van der Waals surface area contributed by atoms with E-state index in [4.69, 9.17) is 0 Å². The highest BCUT2D eigenvalue weighted by atomic mass is 15.0. The van der Waals surface area contributed by atoms with Crippen molar-refractivity contribution >= 4 is 5.82 Å². The monoisotopic (exact) mass is 305 g/mol. The molecule has 0 atom stereocenters. The summed E-state index contributed by atoms with van der Waals surface area (Å²) in [5.74, 6) is 1.53. The number of hydrogen-bond donors (Lipinski definition) is 1. The van der Waals surface area contributed by atoms with E-state index in [0.717, 1.165) is 29.2 Å². The van der Waals surface area contributed by atoms with Crippen LogP contribution < -0.4 is 5.32 Å². The molecule has 0 saturated carbocycles. The molecule has 0 radical (unpaired) electrons. The zero-order valence-electron chi connectivity index (χ0n) is 13.3. The van der Waals surface area contributed by atoms with E-state index in [9.17, 15) is 0 Å². The Morgan fingerprint density at radius 3 is 2.61 bits per heavy atom. The summed E-state index contributed by atoms with van der Waals surface area (Å²) in [6.07, 6.45) is 6.17. The van der Waals surface area contributed by atoms with Crippen LogP contribution in [0.4, 0.5) is 5.82 Å². The van der Waals surface area contributed by atoms with Crippen molar-refractivity contribution in [2.45, 2.75) is 26.8 Å². The zero-order valence-corrected chi connectivity index (χ0v) is 13.3. The van der Waals surface area contributed by atoms with Gasteiger partial charge in [0.15, 0.2) is 5.82 Å². The standard InChI is InChI=1S/C18H19N5/c1-3-15-11-17(21-12-16-13(2)5-4-8-20-16)23-18(22-15)14-6-9-19-10-7-14/h4-11H,3,12H2,1-2H3,(H,21,22,23). The molecule has 3 aromatic rings. The molecule has 116 valence electrons. The van der Waals surface area contributed by atoms with Crippen LogP contribution in [0, 0.1) is 6.92 Å². The van der Waals surface area contributed by atoms with Crippen LogP contribution in [-0.4, -0.2) is 19.9 Å². The summed E-state index contributed by atoms with van der Waals surface area (Å²) in [6, 6.07) is 9.83. The SMILES string of the molecule is CCc1cc(NCc2ncccc2C)nc(-c2ccncc2)n1. The van der Waals surface area contributed by atoms with Crippen molar-refractivity contribution in [1.82, 2.24) is 19.9 Å². The van der Waals surface area contributed by atoms with Gasteiger partial charge in [-0.25, -0.2) is 9.97 Å². The molecule has 3 heterocycles. The van der Waals surface area contributed by atoms with Gasteiger partial charge in [0.05, 0.1) is 12.2 Å². The fourth-order valence-electron chi connectivity index (χ4n) is 2.28. The van der Waals surface area contributed by atoms with Gasteiger partial charge in [0.1, 0.15) is 5.82 Å². The molecule has 0 aliphatic carbocycles. The average Bonchev–Trinajstić information content (AvgIpc) is 2.61. The molecule has 0 unspecified atom stereocenters. The maximum absolute atomic E-state index is 4.62. The minimum atomic E-state index is 0.641. The summed E-state index contributed by atoms with van der Waals surface area (Å²) in [4.78, 5) is 17.7. The number of hydrogen-bond acceptors (Lipinski definition) is 5. The molecule has 0 aliphatic heterocycles. The van der Waals surface area contributed by atoms with Gasteiger partial charge < -0.3 is 5.32 Å². The lowest BCUT2D eigenvalue weighted by Crippen LogP contribution is -2.07. The van der Waals surface area contributed by atoms with Crippen molar-refractivity contribution in [2.75, 3.05) is 5.32 Å². The Hall–Kier alpha value is -2.82. The fraction of sp³-hybridized carbons (Fsp3) is 0.222. The number of rotatable bonds is 5. The number of pyridine rings is 2. The minimum Gasteiger partial charge on any atom is -0.364 e. The van der Waals surface area contributed by atoms with Crippen molar-refractivity contribution in [2.24, 2.45) is 0 Å². The number of nitrogens with one attached hydrogen (secondary N) is 1. The third-order valence-corrected chi connectivity index (χ3v) is 3.63. The van der Waals surface area contributed by atoms with Crippen LogP contribution in [0.2, 0.25) is 0 Å². The summed E-state index contributed by atoms with van der Waals surface area (Å²) < 4.78 is 0. The van der Waals surface area contributed by atoms with Crippen molar-refractivity contribution in [1.29, 1.82) is 0 Å². The van der Waals surface area contributed by atoms with Crippen LogP contribution in [0.15, 0.2) is 48.9 Å². The van der Waals surface area contributed by atoms with Crippen molar-refractivity contribution in [3.05, 3.63) is 65.9 Å². The summed E-state index contributed by atoms with van der Waals surface area (Å²) in [5.41, 5.74) is 4.16. The topological polar surface area (TPSA) is 63.6 Å². The van der Waals surface area contributed by atoms with E-state index in [-0.39, 0.29) is 0 Å². The van der Waals surface area contributed by atoms with Crippen LogP contribution >= 0.6 is 0 Å². The molecule has 3 aromatic heterocycles. The Bertz CT molecular complexity index is 786. The molecule has 0 bridgehead atoms. The second-order valence-corrected chi connectivity index (χ2v) is 5.28. The second kappa shape index (κ2) is 6.96. The molecule has 0 amide bonds. The normalized spacial score (nSPS) is 10.5. The molecule has 0 spiro atoms. The Morgan fingerprint density at radius 1 is 1.04 bits per heavy atom. The molecule has 0 aliphatic rings. The number of aryl methyl sites for hydroxylation is 2. The van der Waals surface area contributed by atoms with Gasteiger partial charge >= 0.3 is 0 Å². The van der Waals surface area contributed by atoms with E-state index in [2.05, 4.69) is 45.2 Å². The van der Waals surface area contributed by atoms with E-state index in [1.165, 1.54) is 5.56 Å². The van der Waals surface area contributed by atoms with E-state index in [0.29, 0.717) is 12.4 Å².